The molecule has 0 bridgehead atoms. The standard InChI is InChI=1S/C31H31ClN4O3S/c1-17-11-25-30(28(23(17)13-27(37)38)19-5-8-22(32)9-6-19)40-31(33-25)20-7-10-26-24(12-20)29(34-35(26)3)21-14-36(15-21)18(2)16-39-4/h5-12,18,21H,13-16H2,1-4H3,(H,37,38). The molecule has 0 spiro atoms. The third kappa shape index (κ3) is 4.79. The van der Waals surface area contributed by atoms with Gasteiger partial charge in [-0.25, -0.2) is 4.98 Å². The molecular formula is C31H31ClN4O3S. The van der Waals surface area contributed by atoms with E-state index in [1.54, 1.807) is 18.4 Å². The summed E-state index contributed by atoms with van der Waals surface area (Å²) in [7, 11) is 3.74. The maximum atomic E-state index is 11.8. The van der Waals surface area contributed by atoms with Gasteiger partial charge in [0.05, 0.1) is 34.5 Å². The van der Waals surface area contributed by atoms with E-state index in [1.807, 2.05) is 49.0 Å². The minimum atomic E-state index is -0.858. The van der Waals surface area contributed by atoms with Gasteiger partial charge in [-0.05, 0) is 66.9 Å². The number of carboxylic acids is 1. The molecule has 0 saturated carbocycles. The number of fused-ring (bicyclic) bond motifs is 2. The summed E-state index contributed by atoms with van der Waals surface area (Å²) in [5.41, 5.74) is 7.70. The number of aryl methyl sites for hydroxylation is 2. The van der Waals surface area contributed by atoms with Crippen molar-refractivity contribution in [1.82, 2.24) is 19.7 Å². The van der Waals surface area contributed by atoms with Gasteiger partial charge < -0.3 is 9.84 Å². The first kappa shape index (κ1) is 26.9. The predicted molar refractivity (Wildman–Crippen MR) is 162 cm³/mol. The van der Waals surface area contributed by atoms with E-state index in [4.69, 9.17) is 26.4 Å². The van der Waals surface area contributed by atoms with Crippen LogP contribution in [0.4, 0.5) is 0 Å². The lowest BCUT2D eigenvalue weighted by Crippen LogP contribution is -2.51. The van der Waals surface area contributed by atoms with E-state index in [9.17, 15) is 9.90 Å². The quantitative estimate of drug-likeness (QED) is 0.227. The molecule has 6 rings (SSSR count). The Morgan fingerprint density at radius 2 is 1.90 bits per heavy atom. The lowest BCUT2D eigenvalue weighted by molar-refractivity contribution is -0.136. The Labute approximate surface area is 242 Å². The van der Waals surface area contributed by atoms with Crippen LogP contribution in [-0.2, 0) is 23.0 Å². The highest BCUT2D eigenvalue weighted by atomic mass is 35.5. The van der Waals surface area contributed by atoms with E-state index in [1.165, 1.54) is 0 Å². The molecule has 40 heavy (non-hydrogen) atoms. The fraction of sp³-hybridized carbons (Fsp3) is 0.323. The number of nitrogens with zero attached hydrogens (tertiary/aromatic N) is 4. The van der Waals surface area contributed by atoms with E-state index in [0.29, 0.717) is 17.0 Å². The van der Waals surface area contributed by atoms with E-state index in [2.05, 4.69) is 30.0 Å². The number of ether oxygens (including phenoxy) is 1. The van der Waals surface area contributed by atoms with Crippen LogP contribution in [0.3, 0.4) is 0 Å². The zero-order valence-electron chi connectivity index (χ0n) is 22.9. The molecule has 0 aliphatic carbocycles. The van der Waals surface area contributed by atoms with Crippen LogP contribution in [0.2, 0.25) is 5.02 Å². The molecule has 3 aromatic carbocycles. The lowest BCUT2D eigenvalue weighted by atomic mass is 9.92. The number of rotatable bonds is 8. The van der Waals surface area contributed by atoms with Crippen molar-refractivity contribution >= 4 is 50.0 Å². The van der Waals surface area contributed by atoms with Crippen LogP contribution < -0.4 is 0 Å². The van der Waals surface area contributed by atoms with E-state index in [0.717, 1.165) is 79.3 Å². The summed E-state index contributed by atoms with van der Waals surface area (Å²) in [4.78, 5) is 19.3. The second-order valence-corrected chi connectivity index (χ2v) is 12.1. The van der Waals surface area contributed by atoms with Crippen molar-refractivity contribution in [2.45, 2.75) is 32.2 Å². The summed E-state index contributed by atoms with van der Waals surface area (Å²) >= 11 is 7.77. The number of halogens is 1. The van der Waals surface area contributed by atoms with Gasteiger partial charge in [0.15, 0.2) is 0 Å². The van der Waals surface area contributed by atoms with Gasteiger partial charge in [0, 0.05) is 60.7 Å². The van der Waals surface area contributed by atoms with E-state index < -0.39 is 5.97 Å². The topological polar surface area (TPSA) is 80.5 Å². The number of likely N-dealkylation sites (tertiary alicyclic amines) is 1. The van der Waals surface area contributed by atoms with Crippen molar-refractivity contribution < 1.29 is 14.6 Å². The molecule has 0 radical (unpaired) electrons. The molecule has 1 aliphatic heterocycles. The number of aliphatic carboxylic acids is 1. The Morgan fingerprint density at radius 3 is 2.60 bits per heavy atom. The van der Waals surface area contributed by atoms with E-state index in [-0.39, 0.29) is 6.42 Å². The molecule has 206 valence electrons. The van der Waals surface area contributed by atoms with Crippen molar-refractivity contribution in [3.05, 3.63) is 70.4 Å². The van der Waals surface area contributed by atoms with E-state index >= 15 is 0 Å². The van der Waals surface area contributed by atoms with Gasteiger partial charge in [0.1, 0.15) is 5.01 Å². The summed E-state index contributed by atoms with van der Waals surface area (Å²) in [5, 5.41) is 17.3. The van der Waals surface area contributed by atoms with Gasteiger partial charge >= 0.3 is 5.97 Å². The molecule has 1 atom stereocenters. The molecule has 2 aromatic heterocycles. The summed E-state index contributed by atoms with van der Waals surface area (Å²) in [6, 6.07) is 16.4. The number of hydrogen-bond acceptors (Lipinski definition) is 6. The highest BCUT2D eigenvalue weighted by Gasteiger charge is 2.34. The number of hydrogen-bond donors (Lipinski definition) is 1. The van der Waals surface area contributed by atoms with Crippen LogP contribution in [0.25, 0.3) is 42.8 Å². The fourth-order valence-electron chi connectivity index (χ4n) is 5.78. The third-order valence-electron chi connectivity index (χ3n) is 7.93. The zero-order chi connectivity index (χ0) is 28.1. The summed E-state index contributed by atoms with van der Waals surface area (Å²) < 4.78 is 8.28. The zero-order valence-corrected chi connectivity index (χ0v) is 24.5. The monoisotopic (exact) mass is 574 g/mol. The first-order valence-electron chi connectivity index (χ1n) is 13.3. The van der Waals surface area contributed by atoms with Gasteiger partial charge in [-0.15, -0.1) is 11.3 Å². The second kappa shape index (κ2) is 10.6. The molecule has 1 saturated heterocycles. The molecule has 1 fully saturated rings. The minimum Gasteiger partial charge on any atom is -0.481 e. The molecule has 9 heteroatoms. The Bertz CT molecular complexity index is 1740. The number of aromatic nitrogens is 3. The SMILES string of the molecule is COCC(C)N1CC(c2nn(C)c3ccc(-c4nc5cc(C)c(CC(=O)O)c(-c6ccc(Cl)cc6)c5s4)cc23)C1. The molecule has 5 aromatic rings. The summed E-state index contributed by atoms with van der Waals surface area (Å²) in [6.07, 6.45) is -0.0562. The van der Waals surface area contributed by atoms with Crippen LogP contribution in [0.1, 0.15) is 29.7 Å². The molecule has 3 heterocycles. The third-order valence-corrected chi connectivity index (χ3v) is 9.32. The number of carboxylic acid groups (broad SMARTS) is 1. The average molecular weight is 575 g/mol. The smallest absolute Gasteiger partial charge is 0.307 e. The Morgan fingerprint density at radius 1 is 1.18 bits per heavy atom. The van der Waals surface area contributed by atoms with Gasteiger partial charge in [-0.3, -0.25) is 14.4 Å². The second-order valence-electron chi connectivity index (χ2n) is 10.7. The molecule has 1 unspecified atom stereocenters. The Balaban J connectivity index is 1.43. The number of thiazole rings is 1. The fourth-order valence-corrected chi connectivity index (χ4v) is 7.04. The summed E-state index contributed by atoms with van der Waals surface area (Å²) in [5.74, 6) is -0.477. The molecule has 1 N–H and O–H groups in total. The molecule has 7 nitrogen and oxygen atoms in total. The molecular weight excluding hydrogens is 544 g/mol. The lowest BCUT2D eigenvalue weighted by Gasteiger charge is -2.42. The number of methoxy groups -OCH3 is 1. The van der Waals surface area contributed by atoms with Crippen LogP contribution in [0, 0.1) is 6.92 Å². The minimum absolute atomic E-state index is 0.0562. The maximum Gasteiger partial charge on any atom is 0.307 e. The number of carbonyl (C=O) groups is 1. The number of benzene rings is 3. The largest absolute Gasteiger partial charge is 0.481 e. The van der Waals surface area contributed by atoms with Crippen molar-refractivity contribution in [3.63, 3.8) is 0 Å². The maximum absolute atomic E-state index is 11.8. The van der Waals surface area contributed by atoms with Gasteiger partial charge in [-0.1, -0.05) is 23.7 Å². The van der Waals surface area contributed by atoms with Crippen molar-refractivity contribution in [3.8, 4) is 21.7 Å². The first-order valence-corrected chi connectivity index (χ1v) is 14.5. The Hall–Kier alpha value is -3.30. The van der Waals surface area contributed by atoms with Crippen LogP contribution >= 0.6 is 22.9 Å². The highest BCUT2D eigenvalue weighted by Crippen LogP contribution is 2.42. The highest BCUT2D eigenvalue weighted by molar-refractivity contribution is 7.22. The van der Waals surface area contributed by atoms with Gasteiger partial charge in [0.2, 0.25) is 0 Å². The van der Waals surface area contributed by atoms with Crippen molar-refractivity contribution in [1.29, 1.82) is 0 Å². The van der Waals surface area contributed by atoms with Gasteiger partial charge in [0.25, 0.3) is 0 Å². The normalized spacial score (nSPS) is 15.1. The van der Waals surface area contributed by atoms with Crippen LogP contribution in [-0.4, -0.2) is 63.6 Å². The van der Waals surface area contributed by atoms with Crippen LogP contribution in [0.5, 0.6) is 0 Å². The van der Waals surface area contributed by atoms with Crippen molar-refractivity contribution in [2.24, 2.45) is 7.05 Å². The first-order chi connectivity index (χ1) is 19.2. The predicted octanol–water partition coefficient (Wildman–Crippen LogP) is 6.54. The van der Waals surface area contributed by atoms with Crippen molar-refractivity contribution in [2.75, 3.05) is 26.8 Å². The molecule has 0 amide bonds. The summed E-state index contributed by atoms with van der Waals surface area (Å²) in [6.45, 7) is 6.82. The Kier molecular flexibility index (Phi) is 7.12. The molecule has 1 aliphatic rings. The average Bonchev–Trinajstić information content (AvgIpc) is 3.45. The van der Waals surface area contributed by atoms with Crippen LogP contribution in [0.15, 0.2) is 48.5 Å². The van der Waals surface area contributed by atoms with Gasteiger partial charge in [-0.2, -0.15) is 5.10 Å².